The van der Waals surface area contributed by atoms with Gasteiger partial charge in [-0.3, -0.25) is 0 Å². The molecule has 5 heteroatoms. The van der Waals surface area contributed by atoms with Crippen LogP contribution in [0.2, 0.25) is 0 Å². The maximum absolute atomic E-state index is 11.8. The molecule has 2 atom stereocenters. The third-order valence-electron chi connectivity index (χ3n) is 3.15. The molecule has 94 valence electrons. The summed E-state index contributed by atoms with van der Waals surface area (Å²) in [4.78, 5) is 24.2. The van der Waals surface area contributed by atoms with Gasteiger partial charge in [-0.1, -0.05) is 0 Å². The van der Waals surface area contributed by atoms with Crippen molar-refractivity contribution in [3.63, 3.8) is 0 Å². The lowest BCUT2D eigenvalue weighted by molar-refractivity contribution is -0.139. The van der Waals surface area contributed by atoms with Crippen LogP contribution in [-0.2, 0) is 4.79 Å². The number of carboxylic acids is 1. The highest BCUT2D eigenvalue weighted by Crippen LogP contribution is 2.34. The Morgan fingerprint density at radius 3 is 2.59 bits per heavy atom. The molecule has 0 aliphatic heterocycles. The summed E-state index contributed by atoms with van der Waals surface area (Å²) in [7, 11) is 1.67. The average Bonchev–Trinajstić information content (AvgIpc) is 3.09. The molecule has 0 aromatic rings. The molecule has 17 heavy (non-hydrogen) atoms. The predicted octanol–water partition coefficient (Wildman–Crippen LogP) is 0.903. The smallest absolute Gasteiger partial charge is 0.327 e. The molecule has 1 fully saturated rings. The minimum atomic E-state index is -1.11. The first-order chi connectivity index (χ1) is 7.97. The Labute approximate surface area is 101 Å². The number of amides is 2. The quantitative estimate of drug-likeness (QED) is 0.699. The van der Waals surface area contributed by atoms with Crippen molar-refractivity contribution in [2.45, 2.75) is 38.3 Å². The van der Waals surface area contributed by atoms with Crippen molar-refractivity contribution in [1.82, 2.24) is 10.2 Å². The predicted molar refractivity (Wildman–Crippen MR) is 63.4 cm³/mol. The van der Waals surface area contributed by atoms with Gasteiger partial charge in [-0.25, -0.2) is 9.59 Å². The summed E-state index contributed by atoms with van der Waals surface area (Å²) in [6.45, 7) is 1.97. The van der Waals surface area contributed by atoms with Crippen LogP contribution in [0.4, 0.5) is 4.79 Å². The van der Waals surface area contributed by atoms with Crippen LogP contribution < -0.4 is 5.32 Å². The fraction of sp³-hybridized carbons (Fsp3) is 0.667. The van der Waals surface area contributed by atoms with Crippen LogP contribution in [0.1, 0.15) is 26.2 Å². The van der Waals surface area contributed by atoms with Crippen molar-refractivity contribution in [2.75, 3.05) is 7.05 Å². The first kappa shape index (κ1) is 13.4. The van der Waals surface area contributed by atoms with Crippen LogP contribution in [0.5, 0.6) is 0 Å². The molecule has 5 nitrogen and oxygen atoms in total. The van der Waals surface area contributed by atoms with Gasteiger partial charge in [0.15, 0.2) is 0 Å². The van der Waals surface area contributed by atoms with Gasteiger partial charge < -0.3 is 15.3 Å². The molecular weight excluding hydrogens is 220 g/mol. The van der Waals surface area contributed by atoms with Gasteiger partial charge in [0.2, 0.25) is 0 Å². The fourth-order valence-corrected chi connectivity index (χ4v) is 1.65. The van der Waals surface area contributed by atoms with E-state index in [0.29, 0.717) is 5.92 Å². The third-order valence-corrected chi connectivity index (χ3v) is 3.15. The average molecular weight is 238 g/mol. The van der Waals surface area contributed by atoms with Crippen molar-refractivity contribution >= 4 is 12.0 Å². The number of carbonyl (C=O) groups is 2. The monoisotopic (exact) mass is 238 g/mol. The summed E-state index contributed by atoms with van der Waals surface area (Å²) < 4.78 is 0. The van der Waals surface area contributed by atoms with E-state index in [-0.39, 0.29) is 18.5 Å². The molecule has 2 unspecified atom stereocenters. The van der Waals surface area contributed by atoms with Crippen molar-refractivity contribution in [1.29, 1.82) is 0 Å². The minimum absolute atomic E-state index is 0.00722. The standard InChI is InChI=1S/C12H18N2O3/c1-4-5-10(11(15)16)13-12(17)14(3)8(2)9-6-7-9/h1,8-10H,5-7H2,2-3H3,(H,13,17)(H,15,16). The van der Waals surface area contributed by atoms with Crippen LogP contribution >= 0.6 is 0 Å². The van der Waals surface area contributed by atoms with E-state index in [4.69, 9.17) is 11.5 Å². The van der Waals surface area contributed by atoms with Crippen molar-refractivity contribution < 1.29 is 14.7 Å². The van der Waals surface area contributed by atoms with E-state index in [2.05, 4.69) is 11.2 Å². The Bertz CT molecular complexity index is 344. The Morgan fingerprint density at radius 1 is 1.59 bits per heavy atom. The lowest BCUT2D eigenvalue weighted by atomic mass is 10.2. The first-order valence-electron chi connectivity index (χ1n) is 5.67. The molecule has 0 heterocycles. The molecular formula is C12H18N2O3. The SMILES string of the molecule is C#CCC(NC(=O)N(C)C(C)C1CC1)C(=O)O. The molecule has 1 saturated carbocycles. The molecule has 2 amide bonds. The van der Waals surface area contributed by atoms with E-state index < -0.39 is 12.0 Å². The normalized spacial score (nSPS) is 17.7. The molecule has 0 aromatic carbocycles. The second kappa shape index (κ2) is 5.58. The number of nitrogens with zero attached hydrogens (tertiary/aromatic N) is 1. The highest BCUT2D eigenvalue weighted by molar-refractivity contribution is 5.82. The van der Waals surface area contributed by atoms with E-state index in [0.717, 1.165) is 12.8 Å². The van der Waals surface area contributed by atoms with Crippen molar-refractivity contribution in [3.8, 4) is 12.3 Å². The highest BCUT2D eigenvalue weighted by Gasteiger charge is 2.33. The number of carboxylic acid groups (broad SMARTS) is 1. The number of urea groups is 1. The maximum atomic E-state index is 11.8. The summed E-state index contributed by atoms with van der Waals surface area (Å²) in [6.07, 6.45) is 7.31. The van der Waals surface area contributed by atoms with Crippen LogP contribution in [0.15, 0.2) is 0 Å². The lowest BCUT2D eigenvalue weighted by Gasteiger charge is -2.26. The number of nitrogens with one attached hydrogen (secondary N) is 1. The minimum Gasteiger partial charge on any atom is -0.480 e. The summed E-state index contributed by atoms with van der Waals surface area (Å²) in [6, 6.07) is -1.26. The van der Waals surface area contributed by atoms with Gasteiger partial charge in [-0.2, -0.15) is 0 Å². The van der Waals surface area contributed by atoms with Gasteiger partial charge >= 0.3 is 12.0 Å². The number of hydrogen-bond acceptors (Lipinski definition) is 2. The van der Waals surface area contributed by atoms with E-state index in [9.17, 15) is 9.59 Å². The largest absolute Gasteiger partial charge is 0.480 e. The topological polar surface area (TPSA) is 69.6 Å². The molecule has 1 rings (SSSR count). The Hall–Kier alpha value is -1.70. The molecule has 1 aliphatic carbocycles. The molecule has 0 spiro atoms. The summed E-state index contributed by atoms with van der Waals surface area (Å²) in [5.74, 6) is 1.68. The second-order valence-electron chi connectivity index (χ2n) is 4.44. The first-order valence-corrected chi connectivity index (χ1v) is 5.67. The molecule has 2 N–H and O–H groups in total. The van der Waals surface area contributed by atoms with E-state index in [1.807, 2.05) is 6.92 Å². The Morgan fingerprint density at radius 2 is 2.18 bits per heavy atom. The summed E-state index contributed by atoms with van der Waals surface area (Å²) in [5.41, 5.74) is 0. The van der Waals surface area contributed by atoms with Gasteiger partial charge in [0.05, 0.1) is 0 Å². The zero-order valence-corrected chi connectivity index (χ0v) is 10.1. The van der Waals surface area contributed by atoms with E-state index in [1.54, 1.807) is 11.9 Å². The Balaban J connectivity index is 2.51. The van der Waals surface area contributed by atoms with Gasteiger partial charge in [0.25, 0.3) is 0 Å². The summed E-state index contributed by atoms with van der Waals surface area (Å²) in [5, 5.41) is 11.3. The number of aliphatic carboxylic acids is 1. The zero-order chi connectivity index (χ0) is 13.0. The lowest BCUT2D eigenvalue weighted by Crippen LogP contribution is -2.49. The van der Waals surface area contributed by atoms with Crippen LogP contribution in [0.3, 0.4) is 0 Å². The number of carbonyl (C=O) groups excluding carboxylic acids is 1. The van der Waals surface area contributed by atoms with Gasteiger partial charge in [-0.05, 0) is 25.7 Å². The molecule has 0 aromatic heterocycles. The van der Waals surface area contributed by atoms with E-state index >= 15 is 0 Å². The fourth-order valence-electron chi connectivity index (χ4n) is 1.65. The second-order valence-corrected chi connectivity index (χ2v) is 4.44. The summed E-state index contributed by atoms with van der Waals surface area (Å²) >= 11 is 0. The number of hydrogen-bond donors (Lipinski definition) is 2. The van der Waals surface area contributed by atoms with Gasteiger partial charge in [-0.15, -0.1) is 12.3 Å². The van der Waals surface area contributed by atoms with Crippen LogP contribution in [0.25, 0.3) is 0 Å². The Kier molecular flexibility index (Phi) is 4.38. The van der Waals surface area contributed by atoms with Gasteiger partial charge in [0.1, 0.15) is 6.04 Å². The van der Waals surface area contributed by atoms with Crippen LogP contribution in [-0.4, -0.2) is 41.1 Å². The van der Waals surface area contributed by atoms with Crippen LogP contribution in [0, 0.1) is 18.3 Å². The van der Waals surface area contributed by atoms with Gasteiger partial charge in [0, 0.05) is 19.5 Å². The van der Waals surface area contributed by atoms with Crippen molar-refractivity contribution in [3.05, 3.63) is 0 Å². The highest BCUT2D eigenvalue weighted by atomic mass is 16.4. The maximum Gasteiger partial charge on any atom is 0.327 e. The number of rotatable bonds is 5. The molecule has 0 saturated heterocycles. The molecule has 1 aliphatic rings. The molecule has 0 bridgehead atoms. The van der Waals surface area contributed by atoms with E-state index in [1.165, 1.54) is 0 Å². The van der Waals surface area contributed by atoms with Crippen molar-refractivity contribution in [2.24, 2.45) is 5.92 Å². The zero-order valence-electron chi connectivity index (χ0n) is 10.1. The third kappa shape index (κ3) is 3.66. The molecule has 0 radical (unpaired) electrons. The number of terminal acetylenes is 1.